The van der Waals surface area contributed by atoms with Gasteiger partial charge in [0.2, 0.25) is 10.0 Å². The van der Waals surface area contributed by atoms with E-state index in [1.165, 1.54) is 24.8 Å². The van der Waals surface area contributed by atoms with Gasteiger partial charge in [-0.15, -0.1) is 0 Å². The van der Waals surface area contributed by atoms with Crippen molar-refractivity contribution in [3.05, 3.63) is 54.1 Å². The second kappa shape index (κ2) is 8.70. The first kappa shape index (κ1) is 18.3. The van der Waals surface area contributed by atoms with Gasteiger partial charge in [-0.05, 0) is 48.4 Å². The molecule has 0 saturated carbocycles. The summed E-state index contributed by atoms with van der Waals surface area (Å²) < 4.78 is 37.4. The van der Waals surface area contributed by atoms with Crippen molar-refractivity contribution in [1.82, 2.24) is 4.72 Å². The lowest BCUT2D eigenvalue weighted by atomic mass is 10.1. The van der Waals surface area contributed by atoms with Crippen LogP contribution in [0.2, 0.25) is 0 Å². The third kappa shape index (κ3) is 5.25. The molecule has 2 aromatic rings. The lowest BCUT2D eigenvalue weighted by Gasteiger charge is -2.09. The fraction of sp³-hybridized carbons (Fsp3) is 0.333. The normalized spacial score (nSPS) is 11.2. The summed E-state index contributed by atoms with van der Waals surface area (Å²) in [4.78, 5) is 0.201. The van der Waals surface area contributed by atoms with E-state index in [1.54, 1.807) is 12.1 Å². The molecule has 0 aromatic heterocycles. The molecule has 0 aliphatic rings. The van der Waals surface area contributed by atoms with Crippen molar-refractivity contribution in [3.8, 4) is 11.5 Å². The first-order valence-electron chi connectivity index (χ1n) is 7.90. The van der Waals surface area contributed by atoms with Crippen LogP contribution in [0.15, 0.2) is 53.4 Å². The average Bonchev–Trinajstić information content (AvgIpc) is 2.60. The van der Waals surface area contributed by atoms with Gasteiger partial charge >= 0.3 is 0 Å². The van der Waals surface area contributed by atoms with Gasteiger partial charge in [0.05, 0.1) is 12.0 Å². The van der Waals surface area contributed by atoms with Crippen LogP contribution in [0.5, 0.6) is 11.5 Å². The van der Waals surface area contributed by atoms with Gasteiger partial charge in [-0.3, -0.25) is 0 Å². The maximum atomic E-state index is 12.2. The maximum Gasteiger partial charge on any atom is 0.240 e. The summed E-state index contributed by atoms with van der Waals surface area (Å²) in [5.74, 6) is 1.35. The minimum absolute atomic E-state index is 0.199. The Labute approximate surface area is 143 Å². The molecule has 2 aromatic carbocycles. The highest BCUT2D eigenvalue weighted by Gasteiger charge is 2.13. The highest BCUT2D eigenvalue weighted by atomic mass is 32.2. The van der Waals surface area contributed by atoms with Crippen molar-refractivity contribution in [1.29, 1.82) is 0 Å². The molecule has 0 heterocycles. The molecule has 0 spiro atoms. The molecule has 24 heavy (non-hydrogen) atoms. The number of rotatable bonds is 9. The van der Waals surface area contributed by atoms with Crippen LogP contribution in [0.4, 0.5) is 0 Å². The van der Waals surface area contributed by atoms with E-state index in [2.05, 4.69) is 11.6 Å². The van der Waals surface area contributed by atoms with Crippen molar-refractivity contribution >= 4 is 10.0 Å². The molecule has 2 rings (SSSR count). The standard InChI is InChI=1S/C18H23NO4S/c1-3-4-15-5-7-17(8-6-15)23-14-13-19-24(20,21)18-11-9-16(22-2)10-12-18/h5-12,19H,3-4,13-14H2,1-2H3. The number of nitrogens with one attached hydrogen (secondary N) is 1. The summed E-state index contributed by atoms with van der Waals surface area (Å²) >= 11 is 0. The molecule has 0 atom stereocenters. The van der Waals surface area contributed by atoms with Gasteiger partial charge in [0.15, 0.2) is 0 Å². The summed E-state index contributed by atoms with van der Waals surface area (Å²) in [6, 6.07) is 14.1. The van der Waals surface area contributed by atoms with Gasteiger partial charge in [0.25, 0.3) is 0 Å². The van der Waals surface area contributed by atoms with E-state index in [4.69, 9.17) is 9.47 Å². The zero-order valence-corrected chi connectivity index (χ0v) is 14.8. The Balaban J connectivity index is 1.81. The molecule has 0 aliphatic carbocycles. The van der Waals surface area contributed by atoms with Crippen LogP contribution in [-0.4, -0.2) is 28.7 Å². The molecule has 0 fully saturated rings. The smallest absolute Gasteiger partial charge is 0.240 e. The molecule has 0 unspecified atom stereocenters. The van der Waals surface area contributed by atoms with Crippen LogP contribution in [0.3, 0.4) is 0 Å². The third-order valence-corrected chi connectivity index (χ3v) is 4.97. The Morgan fingerprint density at radius 3 is 2.17 bits per heavy atom. The molecule has 0 amide bonds. The van der Waals surface area contributed by atoms with Gasteiger partial charge < -0.3 is 9.47 Å². The minimum Gasteiger partial charge on any atom is -0.497 e. The molecule has 0 saturated heterocycles. The summed E-state index contributed by atoms with van der Waals surface area (Å²) in [5.41, 5.74) is 1.27. The predicted molar refractivity (Wildman–Crippen MR) is 94.1 cm³/mol. The minimum atomic E-state index is -3.54. The summed E-state index contributed by atoms with van der Waals surface area (Å²) in [5, 5.41) is 0. The van der Waals surface area contributed by atoms with Crippen molar-refractivity contribution in [2.75, 3.05) is 20.3 Å². The molecule has 6 heteroatoms. The number of ether oxygens (including phenoxy) is 2. The number of hydrogen-bond acceptors (Lipinski definition) is 4. The average molecular weight is 349 g/mol. The molecule has 0 bridgehead atoms. The molecular weight excluding hydrogens is 326 g/mol. The zero-order valence-electron chi connectivity index (χ0n) is 14.0. The Morgan fingerprint density at radius 1 is 0.958 bits per heavy atom. The van der Waals surface area contributed by atoms with E-state index in [9.17, 15) is 8.42 Å². The molecule has 1 N–H and O–H groups in total. The summed E-state index contributed by atoms with van der Waals surface area (Å²) in [7, 11) is -2.00. The molecular formula is C18H23NO4S. The van der Waals surface area contributed by atoms with Crippen LogP contribution in [0, 0.1) is 0 Å². The fourth-order valence-corrected chi connectivity index (χ4v) is 3.24. The summed E-state index contributed by atoms with van der Waals surface area (Å²) in [6.07, 6.45) is 2.15. The topological polar surface area (TPSA) is 64.6 Å². The van der Waals surface area contributed by atoms with Crippen LogP contribution >= 0.6 is 0 Å². The maximum absolute atomic E-state index is 12.2. The van der Waals surface area contributed by atoms with E-state index < -0.39 is 10.0 Å². The number of aryl methyl sites for hydroxylation is 1. The lowest BCUT2D eigenvalue weighted by molar-refractivity contribution is 0.322. The van der Waals surface area contributed by atoms with Crippen LogP contribution < -0.4 is 14.2 Å². The van der Waals surface area contributed by atoms with E-state index in [0.29, 0.717) is 5.75 Å². The molecule has 5 nitrogen and oxygen atoms in total. The largest absolute Gasteiger partial charge is 0.497 e. The lowest BCUT2D eigenvalue weighted by Crippen LogP contribution is -2.28. The van der Waals surface area contributed by atoms with Crippen LogP contribution in [-0.2, 0) is 16.4 Å². The highest BCUT2D eigenvalue weighted by Crippen LogP contribution is 2.15. The number of sulfonamides is 1. The Kier molecular flexibility index (Phi) is 6.63. The monoisotopic (exact) mass is 349 g/mol. The Hall–Kier alpha value is -2.05. The zero-order chi connectivity index (χ0) is 17.4. The first-order valence-corrected chi connectivity index (χ1v) is 9.39. The van der Waals surface area contributed by atoms with Gasteiger partial charge in [-0.2, -0.15) is 0 Å². The van der Waals surface area contributed by atoms with E-state index >= 15 is 0 Å². The highest BCUT2D eigenvalue weighted by molar-refractivity contribution is 7.89. The van der Waals surface area contributed by atoms with E-state index in [1.807, 2.05) is 24.3 Å². The number of hydrogen-bond donors (Lipinski definition) is 1. The third-order valence-electron chi connectivity index (χ3n) is 3.49. The van der Waals surface area contributed by atoms with Crippen LogP contribution in [0.25, 0.3) is 0 Å². The van der Waals surface area contributed by atoms with Gasteiger partial charge in [0.1, 0.15) is 18.1 Å². The van der Waals surface area contributed by atoms with E-state index in [0.717, 1.165) is 18.6 Å². The van der Waals surface area contributed by atoms with Gasteiger partial charge in [-0.25, -0.2) is 13.1 Å². The number of methoxy groups -OCH3 is 1. The second-order valence-electron chi connectivity index (χ2n) is 5.32. The van der Waals surface area contributed by atoms with Crippen molar-refractivity contribution in [3.63, 3.8) is 0 Å². The predicted octanol–water partition coefficient (Wildman–Crippen LogP) is 3.01. The molecule has 0 aliphatic heterocycles. The quantitative estimate of drug-likeness (QED) is 0.707. The number of benzene rings is 2. The van der Waals surface area contributed by atoms with Gasteiger partial charge in [0, 0.05) is 6.54 Å². The molecule has 130 valence electrons. The SMILES string of the molecule is CCCc1ccc(OCCNS(=O)(=O)c2ccc(OC)cc2)cc1. The Morgan fingerprint density at radius 2 is 1.58 bits per heavy atom. The molecule has 0 radical (unpaired) electrons. The Bertz CT molecular complexity index is 725. The second-order valence-corrected chi connectivity index (χ2v) is 7.08. The van der Waals surface area contributed by atoms with E-state index in [-0.39, 0.29) is 18.0 Å². The fourth-order valence-electron chi connectivity index (χ4n) is 2.22. The summed E-state index contributed by atoms with van der Waals surface area (Å²) in [6.45, 7) is 2.60. The first-order chi connectivity index (χ1) is 11.5. The van der Waals surface area contributed by atoms with Crippen molar-refractivity contribution in [2.45, 2.75) is 24.7 Å². The van der Waals surface area contributed by atoms with Crippen molar-refractivity contribution < 1.29 is 17.9 Å². The van der Waals surface area contributed by atoms with Crippen molar-refractivity contribution in [2.24, 2.45) is 0 Å². The van der Waals surface area contributed by atoms with Crippen LogP contribution in [0.1, 0.15) is 18.9 Å². The van der Waals surface area contributed by atoms with Gasteiger partial charge in [-0.1, -0.05) is 25.5 Å².